The van der Waals surface area contributed by atoms with Crippen LogP contribution >= 0.6 is 0 Å². The molecule has 0 bridgehead atoms. The van der Waals surface area contributed by atoms with Crippen LogP contribution in [0.5, 0.6) is 23.0 Å². The van der Waals surface area contributed by atoms with Crippen LogP contribution in [0, 0.1) is 92.7 Å². The predicted octanol–water partition coefficient (Wildman–Crippen LogP) is 35.6. The molecule has 0 atom stereocenters. The summed E-state index contributed by atoms with van der Waals surface area (Å²) >= 11 is 0. The molecule has 0 unspecified atom stereocenters. The molecule has 0 saturated heterocycles. The summed E-state index contributed by atoms with van der Waals surface area (Å²) in [5, 5.41) is 42.5. The number of allylic oxidation sites excluding steroid dienone is 2. The van der Waals surface area contributed by atoms with Gasteiger partial charge in [-0.3, -0.25) is 0 Å². The second-order valence-electron chi connectivity index (χ2n) is 36.7. The molecule has 0 amide bonds. The number of hydrogen-bond donors (Lipinski definition) is 0. The van der Waals surface area contributed by atoms with E-state index >= 15 is 0 Å². The van der Waals surface area contributed by atoms with Gasteiger partial charge in [0.1, 0.15) is 58.4 Å². The molecule has 0 fully saturated rings. The molecule has 0 saturated carbocycles. The monoisotopic (exact) mass is 1770 g/mol. The minimum atomic E-state index is 0.0445. The van der Waals surface area contributed by atoms with Gasteiger partial charge in [-0.15, -0.1) is 0 Å². The molecule has 8 rings (SSSR count). The number of ether oxygens (including phenoxy) is 4. The maximum absolute atomic E-state index is 9.54. The highest BCUT2D eigenvalue weighted by Crippen LogP contribution is 2.41. The molecule has 698 valence electrons. The Bertz CT molecular complexity index is 4790. The Labute approximate surface area is 800 Å². The maximum Gasteiger partial charge on any atom is 0.136 e. The lowest BCUT2D eigenvalue weighted by Crippen LogP contribution is -2.03. The zero-order valence-electron chi connectivity index (χ0n) is 81.9. The van der Waals surface area contributed by atoms with Crippen molar-refractivity contribution in [3.05, 3.63) is 212 Å². The Kier molecular flexibility index (Phi) is 55.7. The number of nitrogens with zero attached hydrogens (tertiary/aromatic N) is 4. The SMILES string of the molecule is CCCCCCCCCCCCCCCCOc1cc(C#Cc2ccc3ccccc3c2-c2c(C#Cc3cc(OCCCCCCCCCCCCCCCC)c(C#Cc4ccc(C=C(C#N)C#N)cc4)cc3OCCCCCCCCCCCCCCCC)ccc3ccccc23)c(OCCCCCCCCCCCCCCCC)cc1C#Cc1ccc(C=C(C#N)C#N)cc1. The summed E-state index contributed by atoms with van der Waals surface area (Å²) in [6.07, 6.45) is 74.3. The van der Waals surface area contributed by atoms with E-state index in [9.17, 15) is 21.0 Å². The van der Waals surface area contributed by atoms with Gasteiger partial charge in [0.05, 0.1) is 48.7 Å². The van der Waals surface area contributed by atoms with Gasteiger partial charge in [0, 0.05) is 57.6 Å². The van der Waals surface area contributed by atoms with Crippen molar-refractivity contribution in [2.24, 2.45) is 0 Å². The van der Waals surface area contributed by atoms with Crippen molar-refractivity contribution < 1.29 is 18.9 Å². The maximum atomic E-state index is 9.54. The number of rotatable bonds is 67. The van der Waals surface area contributed by atoms with E-state index in [1.807, 2.05) is 84.9 Å². The van der Waals surface area contributed by atoms with E-state index in [0.29, 0.717) is 60.6 Å². The second kappa shape index (κ2) is 69.1. The Morgan fingerprint density at radius 3 is 0.652 bits per heavy atom. The number of unbranched alkanes of at least 4 members (excludes halogenated alkanes) is 52. The average molecular weight is 1770 g/mol. The van der Waals surface area contributed by atoms with Crippen molar-refractivity contribution >= 4 is 33.7 Å². The highest BCUT2D eigenvalue weighted by molar-refractivity contribution is 6.09. The van der Waals surface area contributed by atoms with E-state index < -0.39 is 0 Å². The van der Waals surface area contributed by atoms with E-state index in [1.54, 1.807) is 12.2 Å². The third-order valence-electron chi connectivity index (χ3n) is 25.6. The first-order valence-corrected chi connectivity index (χ1v) is 52.5. The molecule has 8 heteroatoms. The lowest BCUT2D eigenvalue weighted by atomic mass is 9.87. The Hall–Kier alpha value is -10.8. The summed E-state index contributed by atoms with van der Waals surface area (Å²) in [7, 11) is 0. The fraction of sp³-hybridized carbons (Fsp3) is 0.516. The molecular weight excluding hydrogens is 1610 g/mol. The number of benzene rings is 8. The lowest BCUT2D eigenvalue weighted by molar-refractivity contribution is 0.295. The molecule has 0 aliphatic rings. The number of fused-ring (bicyclic) bond motifs is 2. The molecule has 8 aromatic rings. The summed E-state index contributed by atoms with van der Waals surface area (Å²) in [5.41, 5.74) is 9.68. The first kappa shape index (κ1) is 107. The number of nitriles is 4. The van der Waals surface area contributed by atoms with Crippen LogP contribution in [0.3, 0.4) is 0 Å². The Balaban J connectivity index is 1.17. The van der Waals surface area contributed by atoms with Crippen LogP contribution in [0.4, 0.5) is 0 Å². The van der Waals surface area contributed by atoms with Gasteiger partial charge in [-0.05, 0) is 107 Å². The summed E-state index contributed by atoms with van der Waals surface area (Å²) < 4.78 is 27.8. The van der Waals surface area contributed by atoms with Gasteiger partial charge in [-0.2, -0.15) is 21.0 Å². The van der Waals surface area contributed by atoms with E-state index in [1.165, 1.54) is 308 Å². The quantitative estimate of drug-likeness (QED) is 0.0209. The summed E-state index contributed by atoms with van der Waals surface area (Å²) in [5.74, 6) is 31.7. The molecule has 0 aliphatic carbocycles. The van der Waals surface area contributed by atoms with Gasteiger partial charge in [0.2, 0.25) is 0 Å². The van der Waals surface area contributed by atoms with Gasteiger partial charge in [0.25, 0.3) is 0 Å². The van der Waals surface area contributed by atoms with Crippen molar-refractivity contribution in [1.29, 1.82) is 21.0 Å². The van der Waals surface area contributed by atoms with Crippen LogP contribution in [0.15, 0.2) is 157 Å². The van der Waals surface area contributed by atoms with Crippen LogP contribution in [-0.4, -0.2) is 26.4 Å². The van der Waals surface area contributed by atoms with Crippen LogP contribution in [0.2, 0.25) is 0 Å². The molecule has 0 spiro atoms. The molecular formula is C124H158N4O4. The van der Waals surface area contributed by atoms with Gasteiger partial charge in [-0.1, -0.05) is 494 Å². The normalized spacial score (nSPS) is 10.8. The largest absolute Gasteiger partial charge is 0.492 e. The Morgan fingerprint density at radius 1 is 0.220 bits per heavy atom. The number of hydrogen-bond acceptors (Lipinski definition) is 8. The van der Waals surface area contributed by atoms with E-state index in [0.717, 1.165) is 129 Å². The van der Waals surface area contributed by atoms with E-state index in [4.69, 9.17) is 18.9 Å². The average Bonchev–Trinajstić information content (AvgIpc) is 0.747. The molecule has 8 aromatic carbocycles. The van der Waals surface area contributed by atoms with Crippen LogP contribution < -0.4 is 18.9 Å². The predicted molar refractivity (Wildman–Crippen MR) is 558 cm³/mol. The fourth-order valence-corrected chi connectivity index (χ4v) is 17.6. The lowest BCUT2D eigenvalue weighted by Gasteiger charge is -2.16. The first-order chi connectivity index (χ1) is 65.3. The molecule has 132 heavy (non-hydrogen) atoms. The molecule has 0 aromatic heterocycles. The first-order valence-electron chi connectivity index (χ1n) is 52.5. The van der Waals surface area contributed by atoms with Crippen molar-refractivity contribution in [1.82, 2.24) is 0 Å². The molecule has 0 radical (unpaired) electrons. The van der Waals surface area contributed by atoms with Gasteiger partial charge >= 0.3 is 0 Å². The van der Waals surface area contributed by atoms with E-state index in [-0.39, 0.29) is 11.1 Å². The van der Waals surface area contributed by atoms with Crippen molar-refractivity contribution in [3.63, 3.8) is 0 Å². The van der Waals surface area contributed by atoms with Crippen LogP contribution in [0.1, 0.15) is 443 Å². The zero-order valence-corrected chi connectivity index (χ0v) is 81.9. The van der Waals surface area contributed by atoms with Crippen molar-refractivity contribution in [2.75, 3.05) is 26.4 Å². The van der Waals surface area contributed by atoms with E-state index in [2.05, 4.69) is 160 Å². The molecule has 8 nitrogen and oxygen atoms in total. The standard InChI is InChI=1S/C124H158N4O4/c1-5-9-13-17-21-25-29-33-37-41-45-49-53-61-89-129-119-97-115(121(131-91-63-55-51-47-43-39-35-31-27-23-19-15-11-7-3)95-113(119)79-77-103-69-73-105(74-70-103)93-107(99-125)100-126)87-85-111-83-81-109-65-57-59-67-117(109)123(111)124-112(84-82-110-66-58-60-68-118(110)124)86-88-116-98-120(130-90-62-54-50-46-42-38-34-30-26-22-18-14-10-6-2)114(80-78-104-71-75-106(76-72-104)94-108(101-127)102-128)96-122(116)132-92-64-56-52-48-44-40-36-32-28-24-20-16-12-8-4/h57-60,65-76,81-84,93-98H,5-56,61-64,89-92H2,1-4H3. The molecule has 0 aliphatic heterocycles. The minimum absolute atomic E-state index is 0.0445. The zero-order chi connectivity index (χ0) is 92.8. The topological polar surface area (TPSA) is 132 Å². The fourth-order valence-electron chi connectivity index (χ4n) is 17.6. The van der Waals surface area contributed by atoms with Crippen molar-refractivity contribution in [2.45, 2.75) is 387 Å². The van der Waals surface area contributed by atoms with Crippen molar-refractivity contribution in [3.8, 4) is 106 Å². The summed E-state index contributed by atoms with van der Waals surface area (Å²) in [4.78, 5) is 0. The minimum Gasteiger partial charge on any atom is -0.492 e. The third-order valence-corrected chi connectivity index (χ3v) is 25.6. The molecule has 0 N–H and O–H groups in total. The second-order valence-corrected chi connectivity index (χ2v) is 36.7. The highest BCUT2D eigenvalue weighted by Gasteiger charge is 2.20. The smallest absolute Gasteiger partial charge is 0.136 e. The molecule has 0 heterocycles. The van der Waals surface area contributed by atoms with Gasteiger partial charge in [0.15, 0.2) is 0 Å². The third kappa shape index (κ3) is 42.8. The summed E-state index contributed by atoms with van der Waals surface area (Å²) in [6, 6.07) is 57.4. The summed E-state index contributed by atoms with van der Waals surface area (Å²) in [6.45, 7) is 11.3. The highest BCUT2D eigenvalue weighted by atomic mass is 16.5. The van der Waals surface area contributed by atoms with Crippen LogP contribution in [0.25, 0.3) is 44.8 Å². The van der Waals surface area contributed by atoms with Crippen LogP contribution in [-0.2, 0) is 0 Å². The van der Waals surface area contributed by atoms with Gasteiger partial charge in [-0.25, -0.2) is 0 Å². The Morgan fingerprint density at radius 2 is 0.424 bits per heavy atom. The van der Waals surface area contributed by atoms with Gasteiger partial charge < -0.3 is 18.9 Å².